The molecule has 1 atom stereocenters. The molecule has 2 nitrogen and oxygen atoms in total. The van der Waals surface area contributed by atoms with Crippen LogP contribution in [0.4, 0.5) is 0 Å². The number of rotatable bonds is 0. The van der Waals surface area contributed by atoms with E-state index >= 15 is 0 Å². The molecule has 0 aromatic heterocycles. The van der Waals surface area contributed by atoms with Gasteiger partial charge in [0, 0.05) is 19.3 Å². The van der Waals surface area contributed by atoms with E-state index in [1.165, 1.54) is 0 Å². The number of carbonyl (C=O) groups excluding carboxylic acids is 1. The first-order valence-corrected chi connectivity index (χ1v) is 4.10. The van der Waals surface area contributed by atoms with E-state index in [-0.39, 0.29) is 17.5 Å². The highest BCUT2D eigenvalue weighted by Crippen LogP contribution is 2.40. The van der Waals surface area contributed by atoms with E-state index in [2.05, 4.69) is 12.2 Å². The number of hydrogen-bond acceptors (Lipinski definition) is 2. The Morgan fingerprint density at radius 1 is 1.55 bits per heavy atom. The van der Waals surface area contributed by atoms with Crippen molar-refractivity contribution in [1.82, 2.24) is 0 Å². The predicted molar refractivity (Wildman–Crippen MR) is 41.0 cm³/mol. The van der Waals surface area contributed by atoms with Gasteiger partial charge in [-0.15, -0.1) is 0 Å². The van der Waals surface area contributed by atoms with Gasteiger partial charge in [0.1, 0.15) is 5.60 Å². The summed E-state index contributed by atoms with van der Waals surface area (Å²) in [6, 6.07) is 0. The summed E-state index contributed by atoms with van der Waals surface area (Å²) in [6.45, 7) is 1.94. The van der Waals surface area contributed by atoms with E-state index in [0.29, 0.717) is 0 Å². The molecule has 0 N–H and O–H groups in total. The summed E-state index contributed by atoms with van der Waals surface area (Å²) in [4.78, 5) is 11.1. The summed E-state index contributed by atoms with van der Waals surface area (Å²) < 4.78 is 5.32. The Morgan fingerprint density at radius 2 is 2.18 bits per heavy atom. The molecule has 2 aliphatic rings. The van der Waals surface area contributed by atoms with E-state index in [0.717, 1.165) is 19.3 Å². The summed E-state index contributed by atoms with van der Waals surface area (Å²) in [6.07, 6.45) is 6.95. The molecule has 1 fully saturated rings. The van der Waals surface area contributed by atoms with Gasteiger partial charge in [0.15, 0.2) is 0 Å². The molecule has 1 aliphatic heterocycles. The van der Waals surface area contributed by atoms with Gasteiger partial charge in [0.25, 0.3) is 0 Å². The summed E-state index contributed by atoms with van der Waals surface area (Å²) >= 11 is 0. The molecule has 1 spiro atoms. The van der Waals surface area contributed by atoms with Gasteiger partial charge in [-0.05, 0) is 0 Å². The van der Waals surface area contributed by atoms with Gasteiger partial charge < -0.3 is 4.74 Å². The highest BCUT2D eigenvalue weighted by atomic mass is 16.6. The molecule has 0 aromatic rings. The monoisotopic (exact) mass is 152 g/mol. The summed E-state index contributed by atoms with van der Waals surface area (Å²) in [7, 11) is 0. The minimum absolute atomic E-state index is 0.0197. The van der Waals surface area contributed by atoms with E-state index in [1.54, 1.807) is 0 Å². The molecule has 2 heteroatoms. The molecule has 0 amide bonds. The van der Waals surface area contributed by atoms with E-state index in [1.807, 2.05) is 6.92 Å². The van der Waals surface area contributed by atoms with Crippen molar-refractivity contribution >= 4 is 5.97 Å². The maximum Gasteiger partial charge on any atom is 0.309 e. The van der Waals surface area contributed by atoms with Crippen LogP contribution in [0.3, 0.4) is 0 Å². The van der Waals surface area contributed by atoms with Gasteiger partial charge in [-0.3, -0.25) is 4.79 Å². The van der Waals surface area contributed by atoms with E-state index < -0.39 is 0 Å². The van der Waals surface area contributed by atoms with Crippen LogP contribution in [0.1, 0.15) is 26.2 Å². The molecule has 2 rings (SSSR count). The first-order chi connectivity index (χ1) is 5.22. The van der Waals surface area contributed by atoms with E-state index in [4.69, 9.17) is 4.74 Å². The standard InChI is InChI=1S/C9H12O2/c1-7-6-9(11-8(7)10)4-2-3-5-9/h2-3,7H,4-6H2,1H3. The molecule has 11 heavy (non-hydrogen) atoms. The van der Waals surface area contributed by atoms with E-state index in [9.17, 15) is 4.79 Å². The number of ether oxygens (including phenoxy) is 1. The van der Waals surface area contributed by atoms with Crippen molar-refractivity contribution in [3.63, 3.8) is 0 Å². The fourth-order valence-corrected chi connectivity index (χ4v) is 1.93. The second-order valence-electron chi connectivity index (χ2n) is 3.59. The molecule has 0 saturated carbocycles. The predicted octanol–water partition coefficient (Wildman–Crippen LogP) is 1.66. The van der Waals surface area contributed by atoms with Crippen LogP contribution >= 0.6 is 0 Å². The molecule has 1 saturated heterocycles. The minimum Gasteiger partial charge on any atom is -0.458 e. The Kier molecular flexibility index (Phi) is 1.31. The minimum atomic E-state index is -0.128. The van der Waals surface area contributed by atoms with Crippen LogP contribution in [0.15, 0.2) is 12.2 Å². The Morgan fingerprint density at radius 3 is 2.64 bits per heavy atom. The lowest BCUT2D eigenvalue weighted by atomic mass is 9.93. The fraction of sp³-hybridized carbons (Fsp3) is 0.667. The van der Waals surface area contributed by atoms with Gasteiger partial charge >= 0.3 is 5.97 Å². The third kappa shape index (κ3) is 0.971. The number of carbonyl (C=O) groups is 1. The van der Waals surface area contributed by atoms with Crippen LogP contribution in [0.5, 0.6) is 0 Å². The highest BCUT2D eigenvalue weighted by Gasteiger charge is 2.44. The third-order valence-electron chi connectivity index (χ3n) is 2.54. The lowest BCUT2D eigenvalue weighted by Crippen LogP contribution is -2.23. The Labute approximate surface area is 66.2 Å². The number of esters is 1. The zero-order chi connectivity index (χ0) is 7.90. The van der Waals surface area contributed by atoms with Gasteiger partial charge in [0.2, 0.25) is 0 Å². The van der Waals surface area contributed by atoms with Crippen LogP contribution in [-0.4, -0.2) is 11.6 Å². The first-order valence-electron chi connectivity index (χ1n) is 4.10. The van der Waals surface area contributed by atoms with Crippen molar-refractivity contribution in [2.45, 2.75) is 31.8 Å². The summed E-state index contributed by atoms with van der Waals surface area (Å²) in [5, 5.41) is 0. The van der Waals surface area contributed by atoms with Gasteiger partial charge in [-0.2, -0.15) is 0 Å². The maximum atomic E-state index is 11.1. The van der Waals surface area contributed by atoms with Crippen molar-refractivity contribution in [1.29, 1.82) is 0 Å². The van der Waals surface area contributed by atoms with Crippen LogP contribution in [0.25, 0.3) is 0 Å². The maximum absolute atomic E-state index is 11.1. The van der Waals surface area contributed by atoms with Crippen molar-refractivity contribution in [3.05, 3.63) is 12.2 Å². The Balaban J connectivity index is 2.14. The Bertz CT molecular complexity index is 210. The smallest absolute Gasteiger partial charge is 0.309 e. The summed E-state index contributed by atoms with van der Waals surface area (Å²) in [5.41, 5.74) is -0.128. The lowest BCUT2D eigenvalue weighted by Gasteiger charge is -2.20. The molecular weight excluding hydrogens is 140 g/mol. The molecule has 1 aliphatic carbocycles. The van der Waals surface area contributed by atoms with Crippen molar-refractivity contribution in [3.8, 4) is 0 Å². The largest absolute Gasteiger partial charge is 0.458 e. The average molecular weight is 152 g/mol. The fourth-order valence-electron chi connectivity index (χ4n) is 1.93. The van der Waals surface area contributed by atoms with Crippen molar-refractivity contribution in [2.75, 3.05) is 0 Å². The van der Waals surface area contributed by atoms with Gasteiger partial charge in [-0.1, -0.05) is 19.1 Å². The molecule has 0 bridgehead atoms. The second kappa shape index (κ2) is 2.10. The lowest BCUT2D eigenvalue weighted by molar-refractivity contribution is -0.149. The molecular formula is C9H12O2. The van der Waals surface area contributed by atoms with Crippen LogP contribution in [0.2, 0.25) is 0 Å². The van der Waals surface area contributed by atoms with Crippen molar-refractivity contribution < 1.29 is 9.53 Å². The summed E-state index contributed by atoms with van der Waals surface area (Å²) in [5.74, 6) is 0.0867. The van der Waals surface area contributed by atoms with Gasteiger partial charge in [-0.25, -0.2) is 0 Å². The quantitative estimate of drug-likeness (QED) is 0.390. The van der Waals surface area contributed by atoms with Crippen LogP contribution in [0, 0.1) is 5.92 Å². The van der Waals surface area contributed by atoms with Gasteiger partial charge in [0.05, 0.1) is 5.92 Å². The molecule has 0 radical (unpaired) electrons. The topological polar surface area (TPSA) is 26.3 Å². The van der Waals surface area contributed by atoms with Crippen molar-refractivity contribution in [2.24, 2.45) is 5.92 Å². The molecule has 1 heterocycles. The van der Waals surface area contributed by atoms with Crippen LogP contribution < -0.4 is 0 Å². The Hall–Kier alpha value is -0.790. The third-order valence-corrected chi connectivity index (χ3v) is 2.54. The zero-order valence-corrected chi connectivity index (χ0v) is 6.67. The SMILES string of the molecule is CC1CC2(CC=CC2)OC1=O. The zero-order valence-electron chi connectivity index (χ0n) is 6.67. The first kappa shape index (κ1) is 6.89. The second-order valence-corrected chi connectivity index (χ2v) is 3.59. The highest BCUT2D eigenvalue weighted by molar-refractivity contribution is 5.75. The molecule has 0 aromatic carbocycles. The normalized spacial score (nSPS) is 33.2. The molecule has 60 valence electrons. The van der Waals surface area contributed by atoms with Crippen LogP contribution in [-0.2, 0) is 9.53 Å². The number of hydrogen-bond donors (Lipinski definition) is 0. The average Bonchev–Trinajstić information content (AvgIpc) is 2.46. The molecule has 1 unspecified atom stereocenters.